The number of hydrogen-bond donors (Lipinski definition) is 2. The van der Waals surface area contributed by atoms with Gasteiger partial charge in [-0.1, -0.05) is 30.3 Å². The lowest BCUT2D eigenvalue weighted by atomic mass is 10.1. The van der Waals surface area contributed by atoms with Crippen molar-refractivity contribution in [3.05, 3.63) is 41.8 Å². The number of hydrogen-bond acceptors (Lipinski definition) is 3. The molecular weight excluding hydrogens is 168 g/mol. The molecule has 0 amide bonds. The molecule has 1 aromatic rings. The smallest absolute Gasteiger partial charge is 0.282 e. The molecule has 0 aliphatic rings. The van der Waals surface area contributed by atoms with E-state index in [0.717, 1.165) is 5.56 Å². The van der Waals surface area contributed by atoms with Crippen molar-refractivity contribution >= 4 is 5.57 Å². The van der Waals surface area contributed by atoms with Gasteiger partial charge in [0.2, 0.25) is 0 Å². The zero-order valence-corrected chi connectivity index (χ0v) is 7.40. The Morgan fingerprint density at radius 2 is 1.92 bits per heavy atom. The number of aliphatic hydroxyl groups excluding tert-OH is 2. The molecule has 0 atom stereocenters. The van der Waals surface area contributed by atoms with Crippen LogP contribution in [0.25, 0.3) is 5.57 Å². The Bertz CT molecular complexity index is 290. The lowest BCUT2D eigenvalue weighted by molar-refractivity contribution is 0.135. The molecule has 0 spiro atoms. The molecule has 3 heteroatoms. The second kappa shape index (κ2) is 4.52. The topological polar surface area (TPSA) is 49.7 Å². The molecule has 1 aromatic carbocycles. The first-order valence-corrected chi connectivity index (χ1v) is 3.92. The average molecular weight is 180 g/mol. The van der Waals surface area contributed by atoms with Gasteiger partial charge < -0.3 is 14.9 Å². The molecule has 0 unspecified atom stereocenters. The van der Waals surface area contributed by atoms with E-state index in [0.29, 0.717) is 5.57 Å². The first kappa shape index (κ1) is 9.61. The van der Waals surface area contributed by atoms with Crippen molar-refractivity contribution < 1.29 is 14.9 Å². The van der Waals surface area contributed by atoms with Crippen molar-refractivity contribution in [3.63, 3.8) is 0 Å². The Morgan fingerprint density at radius 1 is 1.31 bits per heavy atom. The van der Waals surface area contributed by atoms with Crippen LogP contribution in [0, 0.1) is 0 Å². The van der Waals surface area contributed by atoms with E-state index in [1.54, 1.807) is 12.1 Å². The fourth-order valence-electron chi connectivity index (χ4n) is 1.04. The third kappa shape index (κ3) is 2.23. The lowest BCUT2D eigenvalue weighted by Crippen LogP contribution is -1.97. The summed E-state index contributed by atoms with van der Waals surface area (Å²) in [5.41, 5.74) is 1.15. The minimum Gasteiger partial charge on any atom is -0.481 e. The first-order chi connectivity index (χ1) is 6.29. The Hall–Kier alpha value is -1.48. The van der Waals surface area contributed by atoms with Gasteiger partial charge in [-0.25, -0.2) is 0 Å². The average Bonchev–Trinajstić information content (AvgIpc) is 2.20. The molecule has 0 bridgehead atoms. The number of rotatable bonds is 3. The van der Waals surface area contributed by atoms with Gasteiger partial charge in [0, 0.05) is 0 Å². The summed E-state index contributed by atoms with van der Waals surface area (Å²) >= 11 is 0. The van der Waals surface area contributed by atoms with Gasteiger partial charge in [0.15, 0.2) is 0 Å². The van der Waals surface area contributed by atoms with Crippen molar-refractivity contribution in [2.75, 3.05) is 13.7 Å². The summed E-state index contributed by atoms with van der Waals surface area (Å²) < 4.78 is 4.63. The predicted octanol–water partition coefficient (Wildman–Crippen LogP) is 1.55. The van der Waals surface area contributed by atoms with Crippen LogP contribution in [-0.2, 0) is 4.74 Å². The van der Waals surface area contributed by atoms with Gasteiger partial charge in [-0.15, -0.1) is 0 Å². The number of ether oxygens (including phenoxy) is 1. The van der Waals surface area contributed by atoms with Crippen molar-refractivity contribution in [2.24, 2.45) is 0 Å². The summed E-state index contributed by atoms with van der Waals surface area (Å²) in [7, 11) is 1.36. The molecular formula is C10H12O3. The molecule has 13 heavy (non-hydrogen) atoms. The molecule has 0 radical (unpaired) electrons. The largest absolute Gasteiger partial charge is 0.481 e. The molecule has 0 fully saturated rings. The van der Waals surface area contributed by atoms with Crippen molar-refractivity contribution in [3.8, 4) is 0 Å². The van der Waals surface area contributed by atoms with Crippen LogP contribution in [0.15, 0.2) is 36.3 Å². The third-order valence-electron chi connectivity index (χ3n) is 1.73. The Balaban J connectivity index is 3.05. The molecule has 0 heterocycles. The van der Waals surface area contributed by atoms with Crippen LogP contribution in [0.4, 0.5) is 0 Å². The monoisotopic (exact) mass is 180 g/mol. The van der Waals surface area contributed by atoms with E-state index in [2.05, 4.69) is 4.74 Å². The zero-order valence-electron chi connectivity index (χ0n) is 7.40. The van der Waals surface area contributed by atoms with Gasteiger partial charge in [-0.2, -0.15) is 0 Å². The molecule has 0 aliphatic carbocycles. The lowest BCUT2D eigenvalue weighted by Gasteiger charge is -2.06. The van der Waals surface area contributed by atoms with E-state index in [1.165, 1.54) is 7.11 Å². The molecule has 3 nitrogen and oxygen atoms in total. The predicted molar refractivity (Wildman–Crippen MR) is 50.1 cm³/mol. The molecule has 70 valence electrons. The van der Waals surface area contributed by atoms with Crippen LogP contribution in [0.3, 0.4) is 0 Å². The van der Waals surface area contributed by atoms with Gasteiger partial charge in [-0.05, 0) is 5.56 Å². The Morgan fingerprint density at radius 3 is 2.38 bits per heavy atom. The maximum absolute atomic E-state index is 9.27. The summed E-state index contributed by atoms with van der Waals surface area (Å²) in [4.78, 5) is 0. The fraction of sp³-hybridized carbons (Fsp3) is 0.200. The highest BCUT2D eigenvalue weighted by Crippen LogP contribution is 2.16. The van der Waals surface area contributed by atoms with Crippen LogP contribution >= 0.6 is 0 Å². The fourth-order valence-corrected chi connectivity index (χ4v) is 1.04. The SMILES string of the molecule is CO/C(O)=C(/CO)c1ccccc1. The van der Waals surface area contributed by atoms with Crippen molar-refractivity contribution in [2.45, 2.75) is 0 Å². The van der Waals surface area contributed by atoms with E-state index >= 15 is 0 Å². The normalized spacial score (nSPS) is 12.2. The van der Waals surface area contributed by atoms with E-state index in [9.17, 15) is 5.11 Å². The molecule has 1 rings (SSSR count). The van der Waals surface area contributed by atoms with Crippen molar-refractivity contribution in [1.29, 1.82) is 0 Å². The highest BCUT2D eigenvalue weighted by atomic mass is 16.6. The summed E-state index contributed by atoms with van der Waals surface area (Å²) in [5, 5.41) is 18.3. The molecule has 2 N–H and O–H groups in total. The summed E-state index contributed by atoms with van der Waals surface area (Å²) in [6.45, 7) is -0.246. The summed E-state index contributed by atoms with van der Waals surface area (Å²) in [5.74, 6) is -0.242. The first-order valence-electron chi connectivity index (χ1n) is 3.92. The minimum atomic E-state index is -0.246. The Labute approximate surface area is 76.9 Å². The molecule has 0 saturated carbocycles. The van der Waals surface area contributed by atoms with E-state index in [1.807, 2.05) is 18.2 Å². The van der Waals surface area contributed by atoms with Gasteiger partial charge >= 0.3 is 0 Å². The Kier molecular flexibility index (Phi) is 3.34. The van der Waals surface area contributed by atoms with Gasteiger partial charge in [0.25, 0.3) is 5.95 Å². The maximum atomic E-state index is 9.27. The summed E-state index contributed by atoms with van der Waals surface area (Å²) in [6.07, 6.45) is 0. The zero-order chi connectivity index (χ0) is 9.68. The van der Waals surface area contributed by atoms with Crippen LogP contribution < -0.4 is 0 Å². The molecule has 0 saturated heterocycles. The standard InChI is InChI=1S/C10H12O3/c1-13-10(12)9(7-11)8-5-3-2-4-6-8/h2-6,11-12H,7H2,1H3/b10-9-. The highest BCUT2D eigenvalue weighted by molar-refractivity contribution is 5.66. The van der Waals surface area contributed by atoms with Crippen LogP contribution in [0.1, 0.15) is 5.56 Å². The summed E-state index contributed by atoms with van der Waals surface area (Å²) in [6, 6.07) is 9.10. The molecule has 0 aromatic heterocycles. The second-order valence-corrected chi connectivity index (χ2v) is 2.51. The highest BCUT2D eigenvalue weighted by Gasteiger charge is 2.06. The van der Waals surface area contributed by atoms with Gasteiger partial charge in [0.05, 0.1) is 19.3 Å². The number of methoxy groups -OCH3 is 1. The third-order valence-corrected chi connectivity index (χ3v) is 1.73. The molecule has 0 aliphatic heterocycles. The van der Waals surface area contributed by atoms with Crippen LogP contribution in [0.2, 0.25) is 0 Å². The second-order valence-electron chi connectivity index (χ2n) is 2.51. The maximum Gasteiger partial charge on any atom is 0.282 e. The minimum absolute atomic E-state index is 0.242. The van der Waals surface area contributed by atoms with E-state index in [4.69, 9.17) is 5.11 Å². The number of benzene rings is 1. The van der Waals surface area contributed by atoms with Crippen LogP contribution in [0.5, 0.6) is 0 Å². The van der Waals surface area contributed by atoms with E-state index in [-0.39, 0.29) is 12.6 Å². The van der Waals surface area contributed by atoms with E-state index < -0.39 is 0 Å². The quantitative estimate of drug-likeness (QED) is 0.694. The number of aliphatic hydroxyl groups is 2. The van der Waals surface area contributed by atoms with Crippen LogP contribution in [-0.4, -0.2) is 23.9 Å². The van der Waals surface area contributed by atoms with Gasteiger partial charge in [0.1, 0.15) is 0 Å². The van der Waals surface area contributed by atoms with Gasteiger partial charge in [-0.3, -0.25) is 0 Å². The van der Waals surface area contributed by atoms with Crippen molar-refractivity contribution in [1.82, 2.24) is 0 Å².